The van der Waals surface area contributed by atoms with Crippen molar-refractivity contribution in [1.82, 2.24) is 26.6 Å². The molecule has 16 heteroatoms. The maximum absolute atomic E-state index is 12.9. The van der Waals surface area contributed by atoms with E-state index >= 15 is 0 Å². The van der Waals surface area contributed by atoms with Crippen LogP contribution in [0.4, 0.5) is 9.59 Å². The van der Waals surface area contributed by atoms with Gasteiger partial charge in [0, 0.05) is 32.2 Å². The van der Waals surface area contributed by atoms with E-state index < -0.39 is 70.0 Å². The first-order chi connectivity index (χ1) is 20.4. The molecule has 0 saturated heterocycles. The number of amides is 5. The van der Waals surface area contributed by atoms with Gasteiger partial charge in [0.25, 0.3) is 0 Å². The maximum atomic E-state index is 12.9. The molecular weight excluding hydrogens is 610 g/mol. The van der Waals surface area contributed by atoms with Gasteiger partial charge in [0.15, 0.2) is 0 Å². The smallest absolute Gasteiger partial charge is 0.408 e. The number of thioether (sulfide) groups is 1. The van der Waals surface area contributed by atoms with Gasteiger partial charge in [-0.3, -0.25) is 19.2 Å². The van der Waals surface area contributed by atoms with Crippen LogP contribution in [0.2, 0.25) is 0 Å². The van der Waals surface area contributed by atoms with Gasteiger partial charge in [-0.25, -0.2) is 14.4 Å². The van der Waals surface area contributed by atoms with Gasteiger partial charge in [-0.05, 0) is 75.7 Å². The minimum absolute atomic E-state index is 0.153. The van der Waals surface area contributed by atoms with Crippen molar-refractivity contribution in [3.8, 4) is 0 Å². The number of hydrogen-bond donors (Lipinski definition) is 5. The van der Waals surface area contributed by atoms with Crippen LogP contribution in [0.25, 0.3) is 0 Å². The Hall–Kier alpha value is -3.56. The summed E-state index contributed by atoms with van der Waals surface area (Å²) in [6.07, 6.45) is -2.07. The highest BCUT2D eigenvalue weighted by molar-refractivity contribution is 8.13. The molecule has 0 spiro atoms. The fourth-order valence-corrected chi connectivity index (χ4v) is 3.94. The van der Waals surface area contributed by atoms with Gasteiger partial charge >= 0.3 is 18.2 Å². The first kappa shape index (κ1) is 41.4. The highest BCUT2D eigenvalue weighted by atomic mass is 32.2. The van der Waals surface area contributed by atoms with Crippen molar-refractivity contribution < 1.29 is 47.8 Å². The molecule has 0 heterocycles. The zero-order valence-electron chi connectivity index (χ0n) is 28.3. The Kier molecular flexibility index (Phi) is 17.0. The summed E-state index contributed by atoms with van der Waals surface area (Å²) in [6.45, 7) is 17.6. The van der Waals surface area contributed by atoms with E-state index in [1.807, 2.05) is 0 Å². The molecule has 5 amide bonds. The zero-order chi connectivity index (χ0) is 35.2. The average Bonchev–Trinajstić information content (AvgIpc) is 2.83. The third-order valence-corrected chi connectivity index (χ3v) is 5.96. The summed E-state index contributed by atoms with van der Waals surface area (Å²) >= 11 is 0.848. The highest BCUT2D eigenvalue weighted by Gasteiger charge is 2.30. The topological polar surface area (TPSA) is 207 Å². The van der Waals surface area contributed by atoms with Gasteiger partial charge in [0.05, 0.1) is 0 Å². The molecule has 258 valence electrons. The number of hydrogen-bond acceptors (Lipinski definition) is 11. The molecule has 0 aliphatic rings. The molecule has 3 atom stereocenters. The number of carbonyl (C=O) groups excluding carboxylic acids is 7. The van der Waals surface area contributed by atoms with Crippen LogP contribution < -0.4 is 26.6 Å². The highest BCUT2D eigenvalue weighted by Crippen LogP contribution is 2.13. The Bertz CT molecular complexity index is 1060. The molecule has 0 bridgehead atoms. The van der Waals surface area contributed by atoms with Gasteiger partial charge in [-0.1, -0.05) is 11.8 Å². The standard InChI is InChI=1S/C29H51N5O10S/c1-17(32-21(36)13-12-19(23(38)42-27(3,4)5)34-26(41)44-29(9,10)11)22(37)33-20(16-31-25(40)43-28(6,7)8)24(39)45-15-14-30-18(2)35/h17,19-20H,12-16H2,1-11H3,(H,30,35)(H,31,40)(H,32,36)(H,33,37)(H,34,41)/t17-,19-,20+/m1/s1. The van der Waals surface area contributed by atoms with Crippen LogP contribution in [0.3, 0.4) is 0 Å². The largest absolute Gasteiger partial charge is 0.458 e. The third kappa shape index (κ3) is 21.7. The molecular formula is C29H51N5O10S. The summed E-state index contributed by atoms with van der Waals surface area (Å²) in [5, 5.41) is 12.0. The van der Waals surface area contributed by atoms with Crippen LogP contribution in [0, 0.1) is 0 Å². The molecule has 0 aliphatic heterocycles. The Morgan fingerprint density at radius 2 is 1.22 bits per heavy atom. The van der Waals surface area contributed by atoms with Crippen LogP contribution in [0.1, 0.15) is 89.0 Å². The fourth-order valence-electron chi connectivity index (χ4n) is 3.20. The lowest BCUT2D eigenvalue weighted by Gasteiger charge is -2.26. The van der Waals surface area contributed by atoms with Crippen molar-refractivity contribution in [1.29, 1.82) is 0 Å². The SMILES string of the molecule is CC(=O)NCCSC(=O)[C@H](CNC(=O)OC(C)(C)C)NC(=O)[C@@H](C)NC(=O)CC[C@@H](NC(=O)OC(C)(C)C)C(=O)OC(C)(C)C. The van der Waals surface area contributed by atoms with Crippen LogP contribution in [0.15, 0.2) is 0 Å². The predicted molar refractivity (Wildman–Crippen MR) is 168 cm³/mol. The quantitative estimate of drug-likeness (QED) is 0.103. The van der Waals surface area contributed by atoms with Crippen molar-refractivity contribution >= 4 is 52.8 Å². The summed E-state index contributed by atoms with van der Waals surface area (Å²) < 4.78 is 15.8. The minimum Gasteiger partial charge on any atom is -0.458 e. The molecule has 0 aromatic carbocycles. The van der Waals surface area contributed by atoms with E-state index in [0.29, 0.717) is 0 Å². The molecule has 0 rings (SSSR count). The molecule has 0 aromatic heterocycles. The Morgan fingerprint density at radius 3 is 1.73 bits per heavy atom. The van der Waals surface area contributed by atoms with Gasteiger partial charge < -0.3 is 40.8 Å². The number of ether oxygens (including phenoxy) is 3. The lowest BCUT2D eigenvalue weighted by Crippen LogP contribution is -2.54. The normalized spacial score (nSPS) is 13.7. The summed E-state index contributed by atoms with van der Waals surface area (Å²) in [7, 11) is 0. The summed E-state index contributed by atoms with van der Waals surface area (Å²) in [4.78, 5) is 86.7. The van der Waals surface area contributed by atoms with E-state index in [1.165, 1.54) is 13.8 Å². The second-order valence-electron chi connectivity index (χ2n) is 13.2. The molecule has 0 aromatic rings. The minimum atomic E-state index is -1.20. The number of alkyl carbamates (subject to hydrolysis) is 2. The number of esters is 1. The predicted octanol–water partition coefficient (Wildman–Crippen LogP) is 1.91. The van der Waals surface area contributed by atoms with E-state index in [1.54, 1.807) is 62.3 Å². The van der Waals surface area contributed by atoms with Crippen molar-refractivity contribution in [3.63, 3.8) is 0 Å². The third-order valence-electron chi connectivity index (χ3n) is 4.98. The van der Waals surface area contributed by atoms with Crippen molar-refractivity contribution in [3.05, 3.63) is 0 Å². The zero-order valence-corrected chi connectivity index (χ0v) is 29.1. The summed E-state index contributed by atoms with van der Waals surface area (Å²) in [5.41, 5.74) is -2.47. The monoisotopic (exact) mass is 661 g/mol. The molecule has 0 unspecified atom stereocenters. The molecule has 5 N–H and O–H groups in total. The van der Waals surface area contributed by atoms with E-state index in [4.69, 9.17) is 14.2 Å². The second-order valence-corrected chi connectivity index (χ2v) is 14.3. The lowest BCUT2D eigenvalue weighted by molar-refractivity contribution is -0.157. The number of carbonyl (C=O) groups is 7. The fraction of sp³-hybridized carbons (Fsp3) is 0.759. The molecule has 0 aliphatic carbocycles. The lowest BCUT2D eigenvalue weighted by atomic mass is 10.1. The Balaban J connectivity index is 5.37. The van der Waals surface area contributed by atoms with Crippen LogP contribution >= 0.6 is 11.8 Å². The van der Waals surface area contributed by atoms with Crippen LogP contribution in [-0.4, -0.2) is 94.8 Å². The summed E-state index contributed by atoms with van der Waals surface area (Å²) in [6, 6.07) is -3.50. The first-order valence-corrected chi connectivity index (χ1v) is 15.6. The maximum Gasteiger partial charge on any atom is 0.408 e. The van der Waals surface area contributed by atoms with Crippen molar-refractivity contribution in [2.24, 2.45) is 0 Å². The van der Waals surface area contributed by atoms with E-state index in [0.717, 1.165) is 11.8 Å². The van der Waals surface area contributed by atoms with E-state index in [2.05, 4.69) is 26.6 Å². The van der Waals surface area contributed by atoms with Gasteiger partial charge in [0.2, 0.25) is 22.8 Å². The van der Waals surface area contributed by atoms with Gasteiger partial charge in [-0.2, -0.15) is 0 Å². The van der Waals surface area contributed by atoms with E-state index in [9.17, 15) is 33.6 Å². The summed E-state index contributed by atoms with van der Waals surface area (Å²) in [5.74, 6) is -2.13. The molecule has 0 radical (unpaired) electrons. The average molecular weight is 662 g/mol. The number of rotatable bonds is 14. The van der Waals surface area contributed by atoms with Crippen LogP contribution in [-0.2, 0) is 38.2 Å². The van der Waals surface area contributed by atoms with E-state index in [-0.39, 0.29) is 37.6 Å². The van der Waals surface area contributed by atoms with Crippen molar-refractivity contribution in [2.75, 3.05) is 18.8 Å². The molecule has 15 nitrogen and oxygen atoms in total. The molecule has 0 saturated carbocycles. The number of nitrogens with one attached hydrogen (secondary N) is 5. The Labute approximate surface area is 269 Å². The second kappa shape index (κ2) is 18.4. The first-order valence-electron chi connectivity index (χ1n) is 14.6. The van der Waals surface area contributed by atoms with Crippen LogP contribution in [0.5, 0.6) is 0 Å². The van der Waals surface area contributed by atoms with Gasteiger partial charge in [0.1, 0.15) is 34.9 Å². The molecule has 45 heavy (non-hydrogen) atoms. The van der Waals surface area contributed by atoms with Crippen molar-refractivity contribution in [2.45, 2.75) is 124 Å². The van der Waals surface area contributed by atoms with Gasteiger partial charge in [-0.15, -0.1) is 0 Å². The Morgan fingerprint density at radius 1 is 0.689 bits per heavy atom. The molecule has 0 fully saturated rings.